The number of nitriles is 1. The van der Waals surface area contributed by atoms with Crippen LogP contribution in [0.1, 0.15) is 20.3 Å². The van der Waals surface area contributed by atoms with E-state index in [2.05, 4.69) is 25.2 Å². The van der Waals surface area contributed by atoms with E-state index in [1.807, 2.05) is 11.9 Å². The number of hydrogen-bond acceptors (Lipinski definition) is 2. The van der Waals surface area contributed by atoms with Crippen molar-refractivity contribution >= 4 is 17.3 Å². The lowest BCUT2D eigenvalue weighted by Gasteiger charge is -2.25. The van der Waals surface area contributed by atoms with Gasteiger partial charge in [-0.3, -0.25) is 0 Å². The van der Waals surface area contributed by atoms with Crippen LogP contribution >= 0.6 is 12.2 Å². The second-order valence-electron chi connectivity index (χ2n) is 3.30. The maximum Gasteiger partial charge on any atom is 0.168 e. The second kappa shape index (κ2) is 6.67. The van der Waals surface area contributed by atoms with Gasteiger partial charge in [0.25, 0.3) is 0 Å². The molecule has 4 heteroatoms. The summed E-state index contributed by atoms with van der Waals surface area (Å²) < 4.78 is 0. The average molecular weight is 199 g/mol. The van der Waals surface area contributed by atoms with Crippen molar-refractivity contribution in [1.29, 1.82) is 5.26 Å². The standard InChI is InChI=1S/C9H17N3S/c1-8(2)7-12(6-4-5-10)9(13)11-3/h8H,4,6-7H2,1-3H3,(H,11,13). The fourth-order valence-electron chi connectivity index (χ4n) is 1.06. The van der Waals surface area contributed by atoms with Gasteiger partial charge in [-0.1, -0.05) is 13.8 Å². The molecule has 74 valence electrons. The zero-order chi connectivity index (χ0) is 10.3. The molecule has 1 N–H and O–H groups in total. The van der Waals surface area contributed by atoms with Gasteiger partial charge in [0, 0.05) is 20.1 Å². The summed E-state index contributed by atoms with van der Waals surface area (Å²) in [5, 5.41) is 12.1. The van der Waals surface area contributed by atoms with Crippen LogP contribution in [0.5, 0.6) is 0 Å². The first kappa shape index (κ1) is 12.2. The molecule has 0 aliphatic carbocycles. The minimum Gasteiger partial charge on any atom is -0.366 e. The highest BCUT2D eigenvalue weighted by molar-refractivity contribution is 7.80. The van der Waals surface area contributed by atoms with Crippen LogP contribution in [0.3, 0.4) is 0 Å². The van der Waals surface area contributed by atoms with Crippen molar-refractivity contribution < 1.29 is 0 Å². The first-order valence-corrected chi connectivity index (χ1v) is 4.86. The summed E-state index contributed by atoms with van der Waals surface area (Å²) in [5.74, 6) is 0.560. The molecule has 0 aromatic carbocycles. The topological polar surface area (TPSA) is 39.1 Å². The Morgan fingerprint density at radius 2 is 2.23 bits per heavy atom. The van der Waals surface area contributed by atoms with Gasteiger partial charge in [-0.15, -0.1) is 0 Å². The molecule has 0 heterocycles. The second-order valence-corrected chi connectivity index (χ2v) is 3.69. The Hall–Kier alpha value is -0.820. The highest BCUT2D eigenvalue weighted by Crippen LogP contribution is 2.00. The van der Waals surface area contributed by atoms with Crippen molar-refractivity contribution in [3.8, 4) is 6.07 Å². The Morgan fingerprint density at radius 1 is 1.62 bits per heavy atom. The summed E-state index contributed by atoms with van der Waals surface area (Å²) in [5.41, 5.74) is 0. The zero-order valence-corrected chi connectivity index (χ0v) is 9.32. The van der Waals surface area contributed by atoms with Crippen molar-refractivity contribution in [3.05, 3.63) is 0 Å². The molecule has 0 atom stereocenters. The fraction of sp³-hybridized carbons (Fsp3) is 0.778. The molecule has 0 unspecified atom stereocenters. The molecule has 13 heavy (non-hydrogen) atoms. The SMILES string of the molecule is CNC(=S)N(CCC#N)CC(C)C. The van der Waals surface area contributed by atoms with Crippen LogP contribution in [-0.4, -0.2) is 30.1 Å². The highest BCUT2D eigenvalue weighted by atomic mass is 32.1. The zero-order valence-electron chi connectivity index (χ0n) is 8.50. The number of hydrogen-bond donors (Lipinski definition) is 1. The molecule has 0 saturated carbocycles. The van der Waals surface area contributed by atoms with Crippen molar-refractivity contribution in [2.24, 2.45) is 5.92 Å². The maximum absolute atomic E-state index is 8.46. The van der Waals surface area contributed by atoms with Crippen LogP contribution in [0.2, 0.25) is 0 Å². The van der Waals surface area contributed by atoms with Crippen LogP contribution in [-0.2, 0) is 0 Å². The Labute approximate surface area is 85.7 Å². The largest absolute Gasteiger partial charge is 0.366 e. The molecule has 0 rings (SSSR count). The summed E-state index contributed by atoms with van der Waals surface area (Å²) in [6, 6.07) is 2.12. The van der Waals surface area contributed by atoms with Crippen molar-refractivity contribution in [3.63, 3.8) is 0 Å². The lowest BCUT2D eigenvalue weighted by molar-refractivity contribution is 0.369. The summed E-state index contributed by atoms with van der Waals surface area (Å²) in [7, 11) is 1.81. The molecule has 0 aliphatic rings. The van der Waals surface area contributed by atoms with Crippen LogP contribution in [0, 0.1) is 17.2 Å². The molecule has 3 nitrogen and oxygen atoms in total. The normalized spacial score (nSPS) is 9.46. The quantitative estimate of drug-likeness (QED) is 0.694. The third-order valence-corrected chi connectivity index (χ3v) is 2.04. The lowest BCUT2D eigenvalue weighted by atomic mass is 10.2. The first-order valence-electron chi connectivity index (χ1n) is 4.45. The fourth-order valence-corrected chi connectivity index (χ4v) is 1.23. The van der Waals surface area contributed by atoms with Gasteiger partial charge in [0.2, 0.25) is 0 Å². The van der Waals surface area contributed by atoms with E-state index in [9.17, 15) is 0 Å². The van der Waals surface area contributed by atoms with E-state index < -0.39 is 0 Å². The van der Waals surface area contributed by atoms with Crippen LogP contribution in [0.15, 0.2) is 0 Å². The van der Waals surface area contributed by atoms with Gasteiger partial charge in [-0.2, -0.15) is 5.26 Å². The molecule has 0 radical (unpaired) electrons. The van der Waals surface area contributed by atoms with Crippen LogP contribution < -0.4 is 5.32 Å². The van der Waals surface area contributed by atoms with Gasteiger partial charge in [-0.05, 0) is 18.1 Å². The molecule has 0 spiro atoms. The molecular formula is C9H17N3S. The maximum atomic E-state index is 8.46. The van der Waals surface area contributed by atoms with E-state index in [1.165, 1.54) is 0 Å². The predicted molar refractivity (Wildman–Crippen MR) is 58.3 cm³/mol. The monoisotopic (exact) mass is 199 g/mol. The lowest BCUT2D eigenvalue weighted by Crippen LogP contribution is -2.40. The van der Waals surface area contributed by atoms with Crippen LogP contribution in [0.4, 0.5) is 0 Å². The molecule has 0 aromatic heterocycles. The minimum absolute atomic E-state index is 0.522. The number of thiocarbonyl (C=S) groups is 1. The summed E-state index contributed by atoms with van der Waals surface area (Å²) >= 11 is 5.11. The predicted octanol–water partition coefficient (Wildman–Crippen LogP) is 1.36. The number of rotatable bonds is 4. The smallest absolute Gasteiger partial charge is 0.168 e. The molecule has 0 bridgehead atoms. The van der Waals surface area contributed by atoms with Gasteiger partial charge in [0.05, 0.1) is 12.5 Å². The third-order valence-electron chi connectivity index (χ3n) is 1.58. The van der Waals surface area contributed by atoms with E-state index in [1.54, 1.807) is 0 Å². The molecular weight excluding hydrogens is 182 g/mol. The van der Waals surface area contributed by atoms with Gasteiger partial charge < -0.3 is 10.2 Å². The van der Waals surface area contributed by atoms with Gasteiger partial charge >= 0.3 is 0 Å². The van der Waals surface area contributed by atoms with E-state index in [4.69, 9.17) is 17.5 Å². The van der Waals surface area contributed by atoms with E-state index in [0.717, 1.165) is 11.7 Å². The Bertz CT molecular complexity index is 196. The van der Waals surface area contributed by atoms with Crippen molar-refractivity contribution in [2.45, 2.75) is 20.3 Å². The summed E-state index contributed by atoms with van der Waals surface area (Å²) in [6.45, 7) is 5.89. The molecule has 0 fully saturated rings. The number of nitrogens with zero attached hydrogens (tertiary/aromatic N) is 2. The van der Waals surface area contributed by atoms with E-state index in [0.29, 0.717) is 18.9 Å². The van der Waals surface area contributed by atoms with Gasteiger partial charge in [-0.25, -0.2) is 0 Å². The average Bonchev–Trinajstić information content (AvgIpc) is 2.10. The Balaban J connectivity index is 4.04. The Kier molecular flexibility index (Phi) is 6.25. The molecule has 0 amide bonds. The van der Waals surface area contributed by atoms with Crippen molar-refractivity contribution in [1.82, 2.24) is 10.2 Å². The van der Waals surface area contributed by atoms with E-state index >= 15 is 0 Å². The Morgan fingerprint density at radius 3 is 2.62 bits per heavy atom. The molecule has 0 saturated heterocycles. The number of nitrogens with one attached hydrogen (secondary N) is 1. The molecule has 0 aliphatic heterocycles. The van der Waals surface area contributed by atoms with Crippen LogP contribution in [0.25, 0.3) is 0 Å². The van der Waals surface area contributed by atoms with Gasteiger partial charge in [0.1, 0.15) is 0 Å². The summed E-state index contributed by atoms with van der Waals surface area (Å²) in [6.07, 6.45) is 0.522. The molecule has 0 aromatic rings. The van der Waals surface area contributed by atoms with Crippen molar-refractivity contribution in [2.75, 3.05) is 20.1 Å². The van der Waals surface area contributed by atoms with E-state index in [-0.39, 0.29) is 0 Å². The summed E-state index contributed by atoms with van der Waals surface area (Å²) in [4.78, 5) is 2.03. The minimum atomic E-state index is 0.522. The highest BCUT2D eigenvalue weighted by Gasteiger charge is 2.08. The first-order chi connectivity index (χ1) is 6.11. The third kappa shape index (κ3) is 5.42. The van der Waals surface area contributed by atoms with Gasteiger partial charge in [0.15, 0.2) is 5.11 Å².